The largest absolute Gasteiger partial charge is 0.459 e. The minimum atomic E-state index is -0.272. The maximum atomic E-state index is 13.5. The van der Waals surface area contributed by atoms with Crippen molar-refractivity contribution in [1.29, 1.82) is 0 Å². The van der Waals surface area contributed by atoms with Crippen molar-refractivity contribution in [2.45, 2.75) is 26.9 Å². The van der Waals surface area contributed by atoms with Crippen LogP contribution in [0.4, 0.5) is 4.39 Å². The molecule has 0 aliphatic heterocycles. The summed E-state index contributed by atoms with van der Waals surface area (Å²) in [5.41, 5.74) is 2.38. The summed E-state index contributed by atoms with van der Waals surface area (Å²) in [5.74, 6) is 1.87. The fourth-order valence-corrected chi connectivity index (χ4v) is 3.07. The van der Waals surface area contributed by atoms with E-state index in [0.29, 0.717) is 24.6 Å². The van der Waals surface area contributed by atoms with Crippen LogP contribution in [0.3, 0.4) is 0 Å². The smallest absolute Gasteiger partial charge is 0.192 e. The van der Waals surface area contributed by atoms with E-state index in [1.54, 1.807) is 6.07 Å². The highest BCUT2D eigenvalue weighted by Gasteiger charge is 2.12. The third-order valence-corrected chi connectivity index (χ3v) is 4.52. The Morgan fingerprint density at radius 1 is 1.21 bits per heavy atom. The Labute approximate surface area is 161 Å². The number of pyridine rings is 1. The molecule has 4 aromatic rings. The molecule has 144 valence electrons. The van der Waals surface area contributed by atoms with Crippen LogP contribution in [0.2, 0.25) is 0 Å². The van der Waals surface area contributed by atoms with Crippen molar-refractivity contribution in [3.05, 3.63) is 65.6 Å². The lowest BCUT2D eigenvalue weighted by molar-refractivity contribution is 0.534. The molecule has 3 heterocycles. The molecule has 0 amide bonds. The third kappa shape index (κ3) is 3.53. The molecule has 0 atom stereocenters. The molecule has 8 heteroatoms. The van der Waals surface area contributed by atoms with Crippen molar-refractivity contribution in [3.8, 4) is 0 Å². The van der Waals surface area contributed by atoms with Crippen molar-refractivity contribution >= 4 is 22.6 Å². The van der Waals surface area contributed by atoms with Gasteiger partial charge < -0.3 is 15.1 Å². The van der Waals surface area contributed by atoms with Gasteiger partial charge in [-0.1, -0.05) is 6.07 Å². The summed E-state index contributed by atoms with van der Waals surface area (Å²) in [4.78, 5) is 4.59. The van der Waals surface area contributed by atoms with E-state index in [4.69, 9.17) is 4.42 Å². The Bertz CT molecular complexity index is 1150. The monoisotopic (exact) mass is 380 g/mol. The normalized spacial score (nSPS) is 12.0. The minimum Gasteiger partial charge on any atom is -0.459 e. The van der Waals surface area contributed by atoms with Crippen LogP contribution in [-0.2, 0) is 13.1 Å². The van der Waals surface area contributed by atoms with Gasteiger partial charge in [0, 0.05) is 23.7 Å². The molecule has 4 rings (SSSR count). The first-order valence-corrected chi connectivity index (χ1v) is 9.14. The first-order chi connectivity index (χ1) is 13.7. The van der Waals surface area contributed by atoms with Gasteiger partial charge in [0.05, 0.1) is 6.54 Å². The molecule has 0 spiro atoms. The zero-order valence-electron chi connectivity index (χ0n) is 15.7. The van der Waals surface area contributed by atoms with Gasteiger partial charge in [-0.25, -0.2) is 9.38 Å². The predicted molar refractivity (Wildman–Crippen MR) is 106 cm³/mol. The molecule has 2 N–H and O–H groups in total. The highest BCUT2D eigenvalue weighted by Crippen LogP contribution is 2.25. The van der Waals surface area contributed by atoms with Crippen LogP contribution in [-0.4, -0.2) is 27.1 Å². The molecule has 0 saturated heterocycles. The molecule has 3 aromatic heterocycles. The van der Waals surface area contributed by atoms with Crippen LogP contribution in [0.5, 0.6) is 0 Å². The summed E-state index contributed by atoms with van der Waals surface area (Å²) in [7, 11) is 0. The van der Waals surface area contributed by atoms with Crippen LogP contribution < -0.4 is 10.6 Å². The number of aliphatic imine (C=N–C) groups is 1. The summed E-state index contributed by atoms with van der Waals surface area (Å²) in [5, 5.41) is 15.6. The summed E-state index contributed by atoms with van der Waals surface area (Å²) in [6, 6.07) is 10.3. The summed E-state index contributed by atoms with van der Waals surface area (Å²) >= 11 is 0. The SMILES string of the molecule is CCNC(=NCc1nnc2ccccn12)NCc1oc2ccc(F)cc2c1C. The van der Waals surface area contributed by atoms with E-state index in [2.05, 4.69) is 25.8 Å². The van der Waals surface area contributed by atoms with E-state index in [1.807, 2.05) is 42.6 Å². The van der Waals surface area contributed by atoms with Crippen molar-refractivity contribution in [3.63, 3.8) is 0 Å². The van der Waals surface area contributed by atoms with Gasteiger partial charge >= 0.3 is 0 Å². The van der Waals surface area contributed by atoms with Crippen molar-refractivity contribution < 1.29 is 8.81 Å². The number of furan rings is 1. The lowest BCUT2D eigenvalue weighted by Gasteiger charge is -2.10. The van der Waals surface area contributed by atoms with E-state index in [1.165, 1.54) is 12.1 Å². The minimum absolute atomic E-state index is 0.272. The lowest BCUT2D eigenvalue weighted by Crippen LogP contribution is -2.36. The number of rotatable bonds is 5. The number of guanidine groups is 1. The van der Waals surface area contributed by atoms with E-state index in [0.717, 1.165) is 34.7 Å². The number of hydrogen-bond acceptors (Lipinski definition) is 4. The van der Waals surface area contributed by atoms with Crippen molar-refractivity contribution in [2.75, 3.05) is 6.54 Å². The summed E-state index contributed by atoms with van der Waals surface area (Å²) < 4.78 is 21.2. The van der Waals surface area contributed by atoms with Crippen LogP contribution >= 0.6 is 0 Å². The number of aryl methyl sites for hydroxylation is 1. The first-order valence-electron chi connectivity index (χ1n) is 9.14. The second-order valence-corrected chi connectivity index (χ2v) is 6.38. The molecule has 0 fully saturated rings. The Hall–Kier alpha value is -3.42. The standard InChI is InChI=1S/C20H21FN6O/c1-3-22-20(24-12-19-26-25-18-6-4-5-9-27(18)19)23-11-17-13(2)15-10-14(21)7-8-16(15)28-17/h4-10H,3,11-12H2,1-2H3,(H2,22,23,24). The second kappa shape index (κ2) is 7.67. The van der Waals surface area contributed by atoms with Crippen LogP contribution in [0, 0.1) is 12.7 Å². The van der Waals surface area contributed by atoms with E-state index in [-0.39, 0.29) is 5.82 Å². The molecule has 0 aliphatic rings. The number of halogens is 1. The van der Waals surface area contributed by atoms with Gasteiger partial charge in [-0.3, -0.25) is 4.40 Å². The molecule has 0 aliphatic carbocycles. The molecular weight excluding hydrogens is 359 g/mol. The second-order valence-electron chi connectivity index (χ2n) is 6.38. The van der Waals surface area contributed by atoms with Crippen molar-refractivity contribution in [1.82, 2.24) is 25.2 Å². The molecule has 0 radical (unpaired) electrons. The van der Waals surface area contributed by atoms with Crippen LogP contribution in [0.25, 0.3) is 16.6 Å². The predicted octanol–water partition coefficient (Wildman–Crippen LogP) is 3.18. The fourth-order valence-electron chi connectivity index (χ4n) is 3.07. The number of nitrogens with zero attached hydrogens (tertiary/aromatic N) is 4. The topological polar surface area (TPSA) is 79.8 Å². The summed E-state index contributed by atoms with van der Waals surface area (Å²) in [6.45, 7) is 5.46. The quantitative estimate of drug-likeness (QED) is 0.411. The van der Waals surface area contributed by atoms with Gasteiger partial charge in [-0.15, -0.1) is 10.2 Å². The molecule has 1 aromatic carbocycles. The average Bonchev–Trinajstić information content (AvgIpc) is 3.25. The van der Waals surface area contributed by atoms with Gasteiger partial charge in [0.1, 0.15) is 23.7 Å². The third-order valence-electron chi connectivity index (χ3n) is 4.52. The van der Waals surface area contributed by atoms with E-state index < -0.39 is 0 Å². The zero-order valence-corrected chi connectivity index (χ0v) is 15.7. The Morgan fingerprint density at radius 2 is 2.11 bits per heavy atom. The molecule has 7 nitrogen and oxygen atoms in total. The maximum absolute atomic E-state index is 13.5. The Balaban J connectivity index is 1.51. The molecule has 28 heavy (non-hydrogen) atoms. The van der Waals surface area contributed by atoms with Gasteiger partial charge in [-0.05, 0) is 44.2 Å². The highest BCUT2D eigenvalue weighted by atomic mass is 19.1. The maximum Gasteiger partial charge on any atom is 0.192 e. The van der Waals surface area contributed by atoms with Crippen LogP contribution in [0.1, 0.15) is 24.1 Å². The van der Waals surface area contributed by atoms with Crippen molar-refractivity contribution in [2.24, 2.45) is 4.99 Å². The van der Waals surface area contributed by atoms with Gasteiger partial charge in [0.2, 0.25) is 0 Å². The van der Waals surface area contributed by atoms with Gasteiger partial charge in [-0.2, -0.15) is 0 Å². The molecular formula is C20H21FN6O. The number of nitrogens with one attached hydrogen (secondary N) is 2. The number of benzene rings is 1. The van der Waals surface area contributed by atoms with Gasteiger partial charge in [0.15, 0.2) is 17.4 Å². The van der Waals surface area contributed by atoms with E-state index in [9.17, 15) is 4.39 Å². The molecule has 0 saturated carbocycles. The zero-order chi connectivity index (χ0) is 19.5. The lowest BCUT2D eigenvalue weighted by atomic mass is 10.1. The molecule has 0 unspecified atom stereocenters. The molecule has 0 bridgehead atoms. The van der Waals surface area contributed by atoms with Crippen LogP contribution in [0.15, 0.2) is 52.0 Å². The number of aromatic nitrogens is 3. The average molecular weight is 380 g/mol. The summed E-state index contributed by atoms with van der Waals surface area (Å²) in [6.07, 6.45) is 1.91. The number of fused-ring (bicyclic) bond motifs is 2. The Kier molecular flexibility index (Phi) is 4.92. The Morgan fingerprint density at radius 3 is 2.96 bits per heavy atom. The highest BCUT2D eigenvalue weighted by molar-refractivity contribution is 5.83. The fraction of sp³-hybridized carbons (Fsp3) is 0.250. The number of hydrogen-bond donors (Lipinski definition) is 2. The first kappa shape index (κ1) is 18.0. The van der Waals surface area contributed by atoms with E-state index >= 15 is 0 Å². The van der Waals surface area contributed by atoms with Gasteiger partial charge in [0.25, 0.3) is 0 Å².